The normalized spacial score (nSPS) is 10.9. The van der Waals surface area contributed by atoms with Crippen LogP contribution in [-0.4, -0.2) is 16.6 Å². The molecule has 2 heterocycles. The van der Waals surface area contributed by atoms with Gasteiger partial charge < -0.3 is 14.3 Å². The predicted molar refractivity (Wildman–Crippen MR) is 66.8 cm³/mol. The summed E-state index contributed by atoms with van der Waals surface area (Å²) in [6.45, 7) is 3.95. The van der Waals surface area contributed by atoms with Gasteiger partial charge in [-0.2, -0.15) is 0 Å². The summed E-state index contributed by atoms with van der Waals surface area (Å²) in [5.41, 5.74) is 0. The molecule has 0 aliphatic heterocycles. The Morgan fingerprint density at radius 1 is 1.35 bits per heavy atom. The first-order valence-electron chi connectivity index (χ1n) is 6.05. The quantitative estimate of drug-likeness (QED) is 0.831. The second-order valence-corrected chi connectivity index (χ2v) is 4.11. The highest BCUT2D eigenvalue weighted by atomic mass is 16.3. The van der Waals surface area contributed by atoms with Gasteiger partial charge >= 0.3 is 0 Å². The largest absolute Gasteiger partial charge is 0.464 e. The fourth-order valence-corrected chi connectivity index (χ4v) is 1.89. The third kappa shape index (κ3) is 2.97. The van der Waals surface area contributed by atoms with E-state index in [4.69, 9.17) is 4.42 Å². The molecule has 2 aromatic rings. The Labute approximate surface area is 102 Å². The molecule has 0 aliphatic rings. The van der Waals surface area contributed by atoms with E-state index < -0.39 is 0 Å². The van der Waals surface area contributed by atoms with Gasteiger partial charge in [0.2, 0.25) is 0 Å². The number of furan rings is 1. The van der Waals surface area contributed by atoms with Crippen molar-refractivity contribution >= 4 is 0 Å². The Balaban J connectivity index is 2.05. The molecule has 0 atom stereocenters. The van der Waals surface area contributed by atoms with E-state index in [1.54, 1.807) is 0 Å². The summed E-state index contributed by atoms with van der Waals surface area (Å²) in [7, 11) is 1.91. The summed E-state index contributed by atoms with van der Waals surface area (Å²) in [5.74, 6) is 3.01. The van der Waals surface area contributed by atoms with E-state index in [1.807, 2.05) is 31.6 Å². The van der Waals surface area contributed by atoms with Gasteiger partial charge in [-0.05, 0) is 25.6 Å². The molecule has 2 rings (SSSR count). The molecule has 0 spiro atoms. The minimum Gasteiger partial charge on any atom is -0.464 e. The number of nitrogens with one attached hydrogen (secondary N) is 1. The minimum absolute atomic E-state index is 0.761. The van der Waals surface area contributed by atoms with Gasteiger partial charge in [0.25, 0.3) is 0 Å². The molecule has 4 heteroatoms. The van der Waals surface area contributed by atoms with E-state index in [2.05, 4.69) is 21.8 Å². The summed E-state index contributed by atoms with van der Waals surface area (Å²) >= 11 is 0. The molecule has 0 fully saturated rings. The molecule has 1 N–H and O–H groups in total. The van der Waals surface area contributed by atoms with Crippen molar-refractivity contribution in [2.24, 2.45) is 0 Å². The van der Waals surface area contributed by atoms with Crippen LogP contribution in [0.1, 0.15) is 30.7 Å². The molecule has 4 nitrogen and oxygen atoms in total. The van der Waals surface area contributed by atoms with Crippen LogP contribution in [0.15, 0.2) is 28.9 Å². The Morgan fingerprint density at radius 2 is 2.18 bits per heavy atom. The van der Waals surface area contributed by atoms with Crippen molar-refractivity contribution in [3.63, 3.8) is 0 Å². The summed E-state index contributed by atoms with van der Waals surface area (Å²) in [4.78, 5) is 4.37. The molecule has 0 unspecified atom stereocenters. The molecule has 0 radical (unpaired) electrons. The highest BCUT2D eigenvalue weighted by Gasteiger charge is 2.07. The lowest BCUT2D eigenvalue weighted by Crippen LogP contribution is -2.04. The SMILES string of the molecule is CCCn1ccnc1Cc1ccc(CNC)o1. The first-order chi connectivity index (χ1) is 8.33. The number of hydrogen-bond donors (Lipinski definition) is 1. The molecule has 92 valence electrons. The van der Waals surface area contributed by atoms with Crippen LogP contribution in [-0.2, 0) is 19.5 Å². The standard InChI is InChI=1S/C13H19N3O/c1-3-7-16-8-6-15-13(16)9-11-4-5-12(17-11)10-14-2/h4-6,8,14H,3,7,9-10H2,1-2H3. The van der Waals surface area contributed by atoms with Crippen molar-refractivity contribution in [3.8, 4) is 0 Å². The summed E-state index contributed by atoms with van der Waals surface area (Å²) < 4.78 is 7.90. The van der Waals surface area contributed by atoms with E-state index in [1.165, 1.54) is 0 Å². The fourth-order valence-electron chi connectivity index (χ4n) is 1.89. The van der Waals surface area contributed by atoms with Crippen LogP contribution in [0.5, 0.6) is 0 Å². The molecule has 0 saturated heterocycles. The highest BCUT2D eigenvalue weighted by molar-refractivity contribution is 5.12. The average molecular weight is 233 g/mol. The third-order valence-corrected chi connectivity index (χ3v) is 2.67. The van der Waals surface area contributed by atoms with Crippen molar-refractivity contribution in [2.75, 3.05) is 7.05 Å². The molecular weight excluding hydrogens is 214 g/mol. The molecule has 0 aliphatic carbocycles. The van der Waals surface area contributed by atoms with E-state index in [-0.39, 0.29) is 0 Å². The van der Waals surface area contributed by atoms with Gasteiger partial charge in [0, 0.05) is 18.9 Å². The van der Waals surface area contributed by atoms with Crippen LogP contribution in [0.25, 0.3) is 0 Å². The van der Waals surface area contributed by atoms with Crippen LogP contribution < -0.4 is 5.32 Å². The average Bonchev–Trinajstić information content (AvgIpc) is 2.91. The zero-order valence-electron chi connectivity index (χ0n) is 10.4. The van der Waals surface area contributed by atoms with Gasteiger partial charge in [-0.15, -0.1) is 0 Å². The number of imidazole rings is 1. The first kappa shape index (κ1) is 11.9. The Bertz CT molecular complexity index is 459. The van der Waals surface area contributed by atoms with Gasteiger partial charge in [-0.25, -0.2) is 4.98 Å². The van der Waals surface area contributed by atoms with Crippen LogP contribution in [0, 0.1) is 0 Å². The van der Waals surface area contributed by atoms with Gasteiger partial charge in [0.1, 0.15) is 17.3 Å². The van der Waals surface area contributed by atoms with E-state index in [9.17, 15) is 0 Å². The second-order valence-electron chi connectivity index (χ2n) is 4.11. The van der Waals surface area contributed by atoms with Crippen LogP contribution in [0.2, 0.25) is 0 Å². The highest BCUT2D eigenvalue weighted by Crippen LogP contribution is 2.12. The van der Waals surface area contributed by atoms with Crippen LogP contribution in [0.4, 0.5) is 0 Å². The zero-order valence-corrected chi connectivity index (χ0v) is 10.4. The molecule has 0 amide bonds. The molecule has 17 heavy (non-hydrogen) atoms. The fraction of sp³-hybridized carbons (Fsp3) is 0.462. The lowest BCUT2D eigenvalue weighted by atomic mass is 10.3. The van der Waals surface area contributed by atoms with Crippen LogP contribution >= 0.6 is 0 Å². The van der Waals surface area contributed by atoms with Gasteiger partial charge in [-0.1, -0.05) is 6.92 Å². The summed E-state index contributed by atoms with van der Waals surface area (Å²) in [6, 6.07) is 4.04. The number of aryl methyl sites for hydroxylation is 1. The maximum atomic E-state index is 5.71. The monoisotopic (exact) mass is 233 g/mol. The Kier molecular flexibility index (Phi) is 3.98. The smallest absolute Gasteiger partial charge is 0.117 e. The van der Waals surface area contributed by atoms with Gasteiger partial charge in [-0.3, -0.25) is 0 Å². The minimum atomic E-state index is 0.761. The van der Waals surface area contributed by atoms with Crippen molar-refractivity contribution in [3.05, 3.63) is 41.9 Å². The molecule has 0 aromatic carbocycles. The summed E-state index contributed by atoms with van der Waals surface area (Å²) in [6.07, 6.45) is 5.75. The van der Waals surface area contributed by atoms with E-state index >= 15 is 0 Å². The van der Waals surface area contributed by atoms with Crippen molar-refractivity contribution in [1.29, 1.82) is 0 Å². The summed E-state index contributed by atoms with van der Waals surface area (Å²) in [5, 5.41) is 3.07. The lowest BCUT2D eigenvalue weighted by Gasteiger charge is -2.04. The number of aromatic nitrogens is 2. The third-order valence-electron chi connectivity index (χ3n) is 2.67. The zero-order chi connectivity index (χ0) is 12.1. The van der Waals surface area contributed by atoms with Gasteiger partial charge in [0.05, 0.1) is 13.0 Å². The number of nitrogens with zero attached hydrogens (tertiary/aromatic N) is 2. The van der Waals surface area contributed by atoms with Crippen molar-refractivity contribution < 1.29 is 4.42 Å². The second kappa shape index (κ2) is 5.68. The number of hydrogen-bond acceptors (Lipinski definition) is 3. The van der Waals surface area contributed by atoms with E-state index in [0.29, 0.717) is 0 Å². The topological polar surface area (TPSA) is 43.0 Å². The van der Waals surface area contributed by atoms with Crippen molar-refractivity contribution in [2.45, 2.75) is 32.9 Å². The van der Waals surface area contributed by atoms with Crippen LogP contribution in [0.3, 0.4) is 0 Å². The molecule has 2 aromatic heterocycles. The van der Waals surface area contributed by atoms with Crippen molar-refractivity contribution in [1.82, 2.24) is 14.9 Å². The molecule has 0 saturated carbocycles. The number of rotatable bonds is 6. The molecular formula is C13H19N3O. The lowest BCUT2D eigenvalue weighted by molar-refractivity contribution is 0.457. The molecule has 0 bridgehead atoms. The van der Waals surface area contributed by atoms with E-state index in [0.717, 1.165) is 43.3 Å². The maximum absolute atomic E-state index is 5.71. The Hall–Kier alpha value is -1.55. The van der Waals surface area contributed by atoms with Gasteiger partial charge in [0.15, 0.2) is 0 Å². The predicted octanol–water partition coefficient (Wildman–Crippen LogP) is 2.20. The Morgan fingerprint density at radius 3 is 2.94 bits per heavy atom. The first-order valence-corrected chi connectivity index (χ1v) is 6.05. The maximum Gasteiger partial charge on any atom is 0.117 e.